The molecule has 0 aromatic rings. The van der Waals surface area contributed by atoms with E-state index in [2.05, 4.69) is 26.2 Å². The second-order valence-electron chi connectivity index (χ2n) is 18.6. The first-order valence-corrected chi connectivity index (χ1v) is 28.1. The summed E-state index contributed by atoms with van der Waals surface area (Å²) in [6.45, 7) is 6.71. The third-order valence-corrected chi connectivity index (χ3v) is 14.2. The molecule has 3 aliphatic heterocycles. The van der Waals surface area contributed by atoms with Gasteiger partial charge in [-0.1, -0.05) is 135 Å². The van der Waals surface area contributed by atoms with Gasteiger partial charge in [0.05, 0.1) is 58.0 Å². The molecule has 13 heteroatoms. The maximum Gasteiger partial charge on any atom is 2.00 e. The van der Waals surface area contributed by atoms with E-state index in [1.807, 2.05) is 0 Å². The molecular formula is C52H96Fe3O9Sn+6. The maximum absolute atomic E-state index is 5.83. The molecule has 0 radical (unpaired) electrons. The molecule has 65 heavy (non-hydrogen) atoms. The van der Waals surface area contributed by atoms with E-state index >= 15 is 0 Å². The zero-order chi connectivity index (χ0) is 44.1. The van der Waals surface area contributed by atoms with Crippen LogP contribution in [0.4, 0.5) is 0 Å². The van der Waals surface area contributed by atoms with Gasteiger partial charge < -0.3 is 61.9 Å². The molecule has 9 rings (SSSR count). The number of methoxy groups -OCH3 is 3. The van der Waals surface area contributed by atoms with Gasteiger partial charge in [0.1, 0.15) is 18.9 Å². The van der Waals surface area contributed by atoms with Crippen molar-refractivity contribution in [2.45, 2.75) is 235 Å². The van der Waals surface area contributed by atoms with Gasteiger partial charge >= 0.3 is 97.9 Å². The van der Waals surface area contributed by atoms with Crippen molar-refractivity contribution in [2.75, 3.05) is 61.0 Å². The van der Waals surface area contributed by atoms with Gasteiger partial charge in [-0.2, -0.15) is 19.3 Å². The molecule has 0 spiro atoms. The Balaban J connectivity index is 0.000000767. The third kappa shape index (κ3) is 32.6. The Morgan fingerprint density at radius 3 is 0.846 bits per heavy atom. The summed E-state index contributed by atoms with van der Waals surface area (Å²) in [5, 5.41) is 0. The Kier molecular flexibility index (Phi) is 48.5. The van der Waals surface area contributed by atoms with Gasteiger partial charge in [0.25, 0.3) is 0 Å². The molecule has 0 N–H and O–H groups in total. The third-order valence-electron chi connectivity index (χ3n) is 13.2. The van der Waals surface area contributed by atoms with E-state index in [-0.39, 0.29) is 88.4 Å². The summed E-state index contributed by atoms with van der Waals surface area (Å²) < 4.78 is 51.1. The zero-order valence-electron chi connectivity index (χ0n) is 41.6. The van der Waals surface area contributed by atoms with Crippen LogP contribution in [0.15, 0.2) is 0 Å². The molecular weight excluding hydrogens is 1050 g/mol. The quantitative estimate of drug-likeness (QED) is 0.148. The van der Waals surface area contributed by atoms with E-state index in [0.717, 1.165) is 39.1 Å². The molecule has 0 bridgehead atoms. The largest absolute Gasteiger partial charge is 2.00 e. The van der Waals surface area contributed by atoms with Crippen molar-refractivity contribution in [3.63, 3.8) is 0 Å². The first-order valence-electron chi connectivity index (χ1n) is 26.0. The van der Waals surface area contributed by atoms with Crippen LogP contribution in [0.25, 0.3) is 0 Å². The molecule has 9 fully saturated rings. The number of hydrogen-bond donors (Lipinski definition) is 0. The van der Waals surface area contributed by atoms with E-state index in [1.54, 1.807) is 43.9 Å². The summed E-state index contributed by atoms with van der Waals surface area (Å²) in [7, 11) is 5.15. The molecule has 9 aliphatic rings. The Labute approximate surface area is 445 Å². The molecule has 0 aromatic heterocycles. The molecule has 9 atom stereocenters. The first kappa shape index (κ1) is 67.0. The van der Waals surface area contributed by atoms with Crippen LogP contribution < -0.4 is 0 Å². The second-order valence-corrected chi connectivity index (χ2v) is 20.0. The van der Waals surface area contributed by atoms with Crippen LogP contribution in [0.1, 0.15) is 193 Å². The van der Waals surface area contributed by atoms with Crippen molar-refractivity contribution in [1.82, 2.24) is 0 Å². The van der Waals surface area contributed by atoms with E-state index in [4.69, 9.17) is 42.6 Å². The van der Waals surface area contributed by atoms with Crippen LogP contribution in [-0.4, -0.2) is 121 Å². The van der Waals surface area contributed by atoms with Gasteiger partial charge in [-0.25, -0.2) is 0 Å². The van der Waals surface area contributed by atoms with Gasteiger partial charge in [0, 0.05) is 21.3 Å². The first-order chi connectivity index (χ1) is 30.6. The average molecular weight is 1150 g/mol. The van der Waals surface area contributed by atoms with E-state index in [0.29, 0.717) is 37.6 Å². The standard InChI is InChI=1S/3C11H19O3.3C5H10.C4H9.3Fe.Sn/c3*1-12-8-10-6-7-13-11(14-10)9-4-2-3-5-9;3*1-2-4-5-3-1;1-3-4-2;;;;/h3*4,9-11H,2-3,5-8H2,1H3;3*1-5H2;1,3-4H2,2H3;;;;/q3*-1;;;;;3*+2;+3/t3*9?,10-,11-;;;;;;;;/m000......../s1. The number of unbranched alkanes of at least 4 members (excludes halogenated alkanes) is 1. The number of rotatable bonds is 11. The Morgan fingerprint density at radius 2 is 0.677 bits per heavy atom. The summed E-state index contributed by atoms with van der Waals surface area (Å²) in [5.74, 6) is 1.53. The summed E-state index contributed by atoms with van der Waals surface area (Å²) >= 11 is 1.68. The number of ether oxygens (including phenoxy) is 9. The van der Waals surface area contributed by atoms with Gasteiger partial charge in [0.2, 0.25) is 0 Å². The van der Waals surface area contributed by atoms with E-state index in [1.165, 1.54) is 171 Å². The van der Waals surface area contributed by atoms with Crippen LogP contribution in [0.3, 0.4) is 0 Å². The van der Waals surface area contributed by atoms with Crippen LogP contribution in [0.5, 0.6) is 0 Å². The van der Waals surface area contributed by atoms with Crippen LogP contribution >= 0.6 is 0 Å². The summed E-state index contributed by atoms with van der Waals surface area (Å²) in [6.07, 6.45) is 46.9. The normalized spacial score (nSPS) is 31.3. The Bertz CT molecular complexity index is 821. The molecule has 0 aromatic carbocycles. The molecule has 3 saturated heterocycles. The molecule has 3 unspecified atom stereocenters. The SMILES string of the molecule is C1CCCC1.C1CCCC1.C1CCCC1.CCC[CH2][Sn+3].COC[C@@H]1CCO[C@H](C2[CH-]CCC2)O1.COC[C@@H]1CCO[C@H](C2[CH-]CCC2)O1.COC[C@@H]1CCO[C@H](C2[CH-]CCC2)O1.[Fe+2].[Fe+2].[Fe+2]. The van der Waals surface area contributed by atoms with Crippen molar-refractivity contribution >= 4 is 22.5 Å². The summed E-state index contributed by atoms with van der Waals surface area (Å²) in [4.78, 5) is 0. The number of hydrogen-bond acceptors (Lipinski definition) is 9. The maximum atomic E-state index is 5.83. The van der Waals surface area contributed by atoms with Crippen LogP contribution in [0.2, 0.25) is 4.44 Å². The minimum atomic E-state index is -0.00796. The van der Waals surface area contributed by atoms with Crippen molar-refractivity contribution in [2.24, 2.45) is 17.8 Å². The van der Waals surface area contributed by atoms with E-state index < -0.39 is 0 Å². The minimum absolute atomic E-state index is 0. The Morgan fingerprint density at radius 1 is 0.415 bits per heavy atom. The second kappa shape index (κ2) is 47.0. The fourth-order valence-electron chi connectivity index (χ4n) is 9.42. The van der Waals surface area contributed by atoms with E-state index in [9.17, 15) is 0 Å². The zero-order valence-corrected chi connectivity index (χ0v) is 47.8. The molecule has 0 amide bonds. The van der Waals surface area contributed by atoms with Crippen molar-refractivity contribution in [3.05, 3.63) is 19.3 Å². The van der Waals surface area contributed by atoms with Gasteiger partial charge in [-0.3, -0.25) is 0 Å². The van der Waals surface area contributed by atoms with Crippen molar-refractivity contribution in [1.29, 1.82) is 0 Å². The minimum Gasteiger partial charge on any atom is -0.382 e. The van der Waals surface area contributed by atoms with Gasteiger partial charge in [0.15, 0.2) is 0 Å². The summed E-state index contributed by atoms with van der Waals surface area (Å²) in [5.41, 5.74) is 0. The fraction of sp³-hybridized carbons (Fsp3) is 0.942. The molecule has 380 valence electrons. The van der Waals surface area contributed by atoms with Crippen LogP contribution in [-0.2, 0) is 93.8 Å². The van der Waals surface area contributed by atoms with Gasteiger partial charge in [-0.15, -0.1) is 17.8 Å². The predicted molar refractivity (Wildman–Crippen MR) is 253 cm³/mol. The monoisotopic (exact) mass is 1150 g/mol. The molecule has 6 saturated carbocycles. The van der Waals surface area contributed by atoms with Gasteiger partial charge in [-0.05, 0) is 19.3 Å². The smallest absolute Gasteiger partial charge is 0.382 e. The average Bonchev–Trinajstić information content (AvgIpc) is 4.17. The topological polar surface area (TPSA) is 83.1 Å². The molecule has 6 aliphatic carbocycles. The fourth-order valence-corrected chi connectivity index (χ4v) is 10.4. The summed E-state index contributed by atoms with van der Waals surface area (Å²) in [6, 6.07) is 0. The molecule has 9 nitrogen and oxygen atoms in total. The Hall–Kier alpha value is 2.00. The van der Waals surface area contributed by atoms with Crippen molar-refractivity contribution in [3.8, 4) is 0 Å². The molecule has 3 heterocycles. The van der Waals surface area contributed by atoms with Crippen LogP contribution in [0, 0.1) is 37.0 Å². The predicted octanol–water partition coefficient (Wildman–Crippen LogP) is 12.5. The van der Waals surface area contributed by atoms with Crippen molar-refractivity contribution < 1.29 is 93.8 Å².